The lowest BCUT2D eigenvalue weighted by Crippen LogP contribution is -2.67. The molecule has 1 heteroatoms. The second-order valence-corrected chi connectivity index (χ2v) is 7.90. The summed E-state index contributed by atoms with van der Waals surface area (Å²) in [5, 5.41) is 0. The molecule has 17 heavy (non-hydrogen) atoms. The zero-order valence-corrected chi connectivity index (χ0v) is 11.5. The van der Waals surface area contributed by atoms with Gasteiger partial charge in [-0.25, -0.2) is 0 Å². The van der Waals surface area contributed by atoms with Crippen molar-refractivity contribution in [2.45, 2.75) is 65.3 Å². The van der Waals surface area contributed by atoms with E-state index in [4.69, 9.17) is 4.99 Å². The molecule has 0 radical (unpaired) electrons. The fraction of sp³-hybridized carbons (Fsp3) is 0.938. The Morgan fingerprint density at radius 3 is 2.53 bits per heavy atom. The molecule has 1 spiro atoms. The molecular weight excluding hydrogens is 206 g/mol. The molecule has 5 atom stereocenters. The van der Waals surface area contributed by atoms with Gasteiger partial charge in [0.1, 0.15) is 0 Å². The molecule has 0 aromatic rings. The molecule has 3 saturated carbocycles. The Morgan fingerprint density at radius 2 is 1.76 bits per heavy atom. The number of nitrogens with zero attached hydrogens (tertiary/aromatic N) is 1. The van der Waals surface area contributed by atoms with E-state index < -0.39 is 0 Å². The molecule has 0 aromatic heterocycles. The summed E-state index contributed by atoms with van der Waals surface area (Å²) < 4.78 is 0. The van der Waals surface area contributed by atoms with Crippen LogP contribution in [0, 0.1) is 28.1 Å². The quantitative estimate of drug-likeness (QED) is 0.596. The van der Waals surface area contributed by atoms with Crippen LogP contribution in [0.25, 0.3) is 0 Å². The summed E-state index contributed by atoms with van der Waals surface area (Å²) in [5.74, 6) is 1.80. The number of aliphatic imine (C=N–C) groups is 1. The van der Waals surface area contributed by atoms with Gasteiger partial charge >= 0.3 is 0 Å². The standard InChI is InChI=1S/C16H25N/c1-14(2)11-6-4-8-16-9-5-7-12(16)15(14,3)10-17-13(11)16/h10-13H,4-9H2,1-3H3/t11-,12+,13-,15-,16+/m1/s1. The monoisotopic (exact) mass is 231 g/mol. The van der Waals surface area contributed by atoms with Crippen LogP contribution in [0.5, 0.6) is 0 Å². The SMILES string of the molecule is CC1(C)[C@@H]2CCC[C@]34CCC[C@H]3[C@@]1(C)C=N[C@H]24. The molecule has 0 unspecified atom stereocenters. The van der Waals surface area contributed by atoms with Gasteiger partial charge in [0.25, 0.3) is 0 Å². The molecule has 2 heterocycles. The molecule has 4 bridgehead atoms. The van der Waals surface area contributed by atoms with Crippen molar-refractivity contribution < 1.29 is 0 Å². The average molecular weight is 231 g/mol. The zero-order valence-electron chi connectivity index (χ0n) is 11.5. The Morgan fingerprint density at radius 1 is 1.06 bits per heavy atom. The topological polar surface area (TPSA) is 12.4 Å². The molecule has 3 aliphatic carbocycles. The van der Waals surface area contributed by atoms with Gasteiger partial charge in [0.15, 0.2) is 0 Å². The van der Waals surface area contributed by atoms with Crippen LogP contribution in [0.1, 0.15) is 59.3 Å². The van der Waals surface area contributed by atoms with Crippen LogP contribution >= 0.6 is 0 Å². The van der Waals surface area contributed by atoms with Crippen LogP contribution in [0.4, 0.5) is 0 Å². The molecule has 0 amide bonds. The first kappa shape index (κ1) is 10.6. The summed E-state index contributed by atoms with van der Waals surface area (Å²) in [4.78, 5) is 5.06. The van der Waals surface area contributed by atoms with Crippen LogP contribution in [0.3, 0.4) is 0 Å². The molecule has 5 rings (SSSR count). The summed E-state index contributed by atoms with van der Waals surface area (Å²) in [6.07, 6.45) is 11.2. The average Bonchev–Trinajstić information content (AvgIpc) is 2.71. The maximum Gasteiger partial charge on any atom is 0.0588 e. The van der Waals surface area contributed by atoms with E-state index in [-0.39, 0.29) is 0 Å². The van der Waals surface area contributed by atoms with Crippen LogP contribution in [0.2, 0.25) is 0 Å². The van der Waals surface area contributed by atoms with Crippen molar-refractivity contribution >= 4 is 6.21 Å². The molecule has 5 aliphatic rings. The van der Waals surface area contributed by atoms with Gasteiger partial charge < -0.3 is 0 Å². The number of hydrogen-bond donors (Lipinski definition) is 0. The highest BCUT2D eigenvalue weighted by Gasteiger charge is 2.70. The summed E-state index contributed by atoms with van der Waals surface area (Å²) in [5.41, 5.74) is 1.48. The van der Waals surface area contributed by atoms with E-state index in [9.17, 15) is 0 Å². The van der Waals surface area contributed by atoms with Crippen LogP contribution in [0.15, 0.2) is 4.99 Å². The molecule has 94 valence electrons. The van der Waals surface area contributed by atoms with Crippen molar-refractivity contribution in [1.82, 2.24) is 0 Å². The van der Waals surface area contributed by atoms with Crippen molar-refractivity contribution in [3.63, 3.8) is 0 Å². The van der Waals surface area contributed by atoms with Crippen LogP contribution < -0.4 is 0 Å². The maximum absolute atomic E-state index is 5.06. The van der Waals surface area contributed by atoms with Crippen molar-refractivity contribution in [3.8, 4) is 0 Å². The highest BCUT2D eigenvalue weighted by atomic mass is 15.0. The maximum atomic E-state index is 5.06. The van der Waals surface area contributed by atoms with Gasteiger partial charge in [0.05, 0.1) is 6.04 Å². The Balaban J connectivity index is 1.96. The third kappa shape index (κ3) is 0.912. The van der Waals surface area contributed by atoms with Gasteiger partial charge in [0, 0.05) is 11.6 Å². The van der Waals surface area contributed by atoms with Gasteiger partial charge in [0.2, 0.25) is 0 Å². The van der Waals surface area contributed by atoms with Crippen molar-refractivity contribution in [2.24, 2.45) is 33.1 Å². The highest BCUT2D eigenvalue weighted by Crippen LogP contribution is 2.73. The molecule has 0 N–H and O–H groups in total. The predicted octanol–water partition coefficient (Wildman–Crippen LogP) is 4.07. The van der Waals surface area contributed by atoms with E-state index >= 15 is 0 Å². The number of hydrogen-bond acceptors (Lipinski definition) is 1. The smallest absolute Gasteiger partial charge is 0.0588 e. The fourth-order valence-corrected chi connectivity index (χ4v) is 6.35. The van der Waals surface area contributed by atoms with Gasteiger partial charge in [-0.1, -0.05) is 33.6 Å². The molecule has 1 nitrogen and oxygen atoms in total. The van der Waals surface area contributed by atoms with Crippen LogP contribution in [-0.4, -0.2) is 12.3 Å². The summed E-state index contributed by atoms with van der Waals surface area (Å²) in [6, 6.07) is 0.681. The largest absolute Gasteiger partial charge is 0.293 e. The van der Waals surface area contributed by atoms with E-state index in [2.05, 4.69) is 27.0 Å². The lowest BCUT2D eigenvalue weighted by molar-refractivity contribution is -0.145. The summed E-state index contributed by atoms with van der Waals surface area (Å²) >= 11 is 0. The van der Waals surface area contributed by atoms with Crippen molar-refractivity contribution in [2.75, 3.05) is 0 Å². The third-order valence-electron chi connectivity index (χ3n) is 7.50. The van der Waals surface area contributed by atoms with E-state index in [0.29, 0.717) is 22.3 Å². The van der Waals surface area contributed by atoms with E-state index in [0.717, 1.165) is 11.8 Å². The van der Waals surface area contributed by atoms with Gasteiger partial charge in [-0.2, -0.15) is 0 Å². The molecule has 0 aromatic carbocycles. The minimum Gasteiger partial charge on any atom is -0.293 e. The van der Waals surface area contributed by atoms with Gasteiger partial charge in [-0.15, -0.1) is 0 Å². The zero-order chi connectivity index (χ0) is 11.9. The second-order valence-electron chi connectivity index (χ2n) is 7.90. The first-order valence-electron chi connectivity index (χ1n) is 7.57. The second kappa shape index (κ2) is 2.81. The fourth-order valence-electron chi connectivity index (χ4n) is 6.35. The highest BCUT2D eigenvalue weighted by molar-refractivity contribution is 5.71. The van der Waals surface area contributed by atoms with E-state index in [1.54, 1.807) is 0 Å². The normalized spacial score (nSPS) is 58.2. The minimum atomic E-state index is 0.378. The molecular formula is C16H25N. The van der Waals surface area contributed by atoms with E-state index in [1.807, 2.05) is 0 Å². The first-order valence-corrected chi connectivity index (χ1v) is 7.57. The molecule has 3 fully saturated rings. The molecule has 2 aliphatic heterocycles. The minimum absolute atomic E-state index is 0.378. The Hall–Kier alpha value is -0.330. The predicted molar refractivity (Wildman–Crippen MR) is 71.3 cm³/mol. The van der Waals surface area contributed by atoms with Gasteiger partial charge in [-0.05, 0) is 48.3 Å². The van der Waals surface area contributed by atoms with Crippen LogP contribution in [-0.2, 0) is 0 Å². The number of rotatable bonds is 0. The summed E-state index contributed by atoms with van der Waals surface area (Å²) in [6.45, 7) is 7.59. The van der Waals surface area contributed by atoms with Crippen molar-refractivity contribution in [3.05, 3.63) is 0 Å². The Kier molecular flexibility index (Phi) is 1.75. The lowest BCUT2D eigenvalue weighted by Gasteiger charge is -2.69. The Labute approximate surface area is 105 Å². The molecule has 0 saturated heterocycles. The third-order valence-corrected chi connectivity index (χ3v) is 7.50. The van der Waals surface area contributed by atoms with Gasteiger partial charge in [-0.3, -0.25) is 4.99 Å². The van der Waals surface area contributed by atoms with E-state index in [1.165, 1.54) is 38.5 Å². The van der Waals surface area contributed by atoms with Crippen molar-refractivity contribution in [1.29, 1.82) is 0 Å². The first-order chi connectivity index (χ1) is 8.02. The lowest BCUT2D eigenvalue weighted by atomic mass is 9.38. The Bertz CT molecular complexity index is 396. The summed E-state index contributed by atoms with van der Waals surface area (Å²) in [7, 11) is 0.